The minimum absolute atomic E-state index is 0.558. The lowest BCUT2D eigenvalue weighted by Crippen LogP contribution is -2.26. The Bertz CT molecular complexity index is 301. The molecule has 0 atom stereocenters. The van der Waals surface area contributed by atoms with E-state index in [9.17, 15) is 0 Å². The van der Waals surface area contributed by atoms with Gasteiger partial charge in [-0.2, -0.15) is 5.10 Å². The van der Waals surface area contributed by atoms with Gasteiger partial charge in [-0.15, -0.1) is 0 Å². The molecule has 0 unspecified atom stereocenters. The summed E-state index contributed by atoms with van der Waals surface area (Å²) in [4.78, 5) is 2.35. The summed E-state index contributed by atoms with van der Waals surface area (Å²) in [5.41, 5.74) is 4.03. The van der Waals surface area contributed by atoms with E-state index in [2.05, 4.69) is 36.0 Å². The predicted octanol–water partition coefficient (Wildman–Crippen LogP) is 1.52. The summed E-state index contributed by atoms with van der Waals surface area (Å²) in [6.07, 6.45) is 1.09. The summed E-state index contributed by atoms with van der Waals surface area (Å²) in [5, 5.41) is 7.52. The smallest absolute Gasteiger partial charge is 0.0682 e. The molecule has 0 radical (unpaired) electrons. The molecule has 0 aliphatic carbocycles. The van der Waals surface area contributed by atoms with Crippen molar-refractivity contribution in [3.63, 3.8) is 0 Å². The molecule has 0 aromatic carbocycles. The number of rotatable bonds is 1. The summed E-state index contributed by atoms with van der Waals surface area (Å²) in [5.74, 6) is 0.558. The molecule has 13 heavy (non-hydrogen) atoms. The number of nitrogens with one attached hydrogen (secondary N) is 1. The van der Waals surface area contributed by atoms with Crippen molar-refractivity contribution in [1.82, 2.24) is 15.1 Å². The van der Waals surface area contributed by atoms with Crippen molar-refractivity contribution >= 4 is 0 Å². The van der Waals surface area contributed by atoms with Crippen molar-refractivity contribution in [2.24, 2.45) is 0 Å². The van der Waals surface area contributed by atoms with Gasteiger partial charge in [-0.05, 0) is 13.0 Å². The fourth-order valence-electron chi connectivity index (χ4n) is 1.92. The molecule has 0 bridgehead atoms. The minimum Gasteiger partial charge on any atom is -0.302 e. The Morgan fingerprint density at radius 3 is 2.92 bits per heavy atom. The second kappa shape index (κ2) is 3.14. The number of fused-ring (bicyclic) bond motifs is 1. The Labute approximate surface area is 79.1 Å². The summed E-state index contributed by atoms with van der Waals surface area (Å²) >= 11 is 0. The summed E-state index contributed by atoms with van der Waals surface area (Å²) in [6, 6.07) is 0. The number of H-pyrrole nitrogens is 1. The largest absolute Gasteiger partial charge is 0.302 e. The SMILES string of the molecule is CC(C)c1[nH]nc2c1CN(C)CC2. The Morgan fingerprint density at radius 2 is 2.23 bits per heavy atom. The van der Waals surface area contributed by atoms with Crippen LogP contribution in [0.4, 0.5) is 0 Å². The lowest BCUT2D eigenvalue weighted by Gasteiger charge is -2.22. The molecule has 0 saturated heterocycles. The maximum atomic E-state index is 4.36. The Balaban J connectivity index is 2.35. The number of aromatic nitrogens is 2. The van der Waals surface area contributed by atoms with Crippen LogP contribution < -0.4 is 0 Å². The van der Waals surface area contributed by atoms with Crippen LogP contribution in [0.3, 0.4) is 0 Å². The van der Waals surface area contributed by atoms with E-state index in [1.807, 2.05) is 0 Å². The molecule has 3 nitrogen and oxygen atoms in total. The van der Waals surface area contributed by atoms with Crippen LogP contribution in [0, 0.1) is 0 Å². The lowest BCUT2D eigenvalue weighted by atomic mass is 10.00. The van der Waals surface area contributed by atoms with E-state index in [0.717, 1.165) is 19.5 Å². The molecule has 3 heteroatoms. The van der Waals surface area contributed by atoms with Crippen LogP contribution in [0.5, 0.6) is 0 Å². The second-order valence-electron chi connectivity index (χ2n) is 4.21. The Morgan fingerprint density at radius 1 is 1.46 bits per heavy atom. The first-order chi connectivity index (χ1) is 6.18. The number of nitrogens with zero attached hydrogens (tertiary/aromatic N) is 2. The van der Waals surface area contributed by atoms with Crippen LogP contribution in [0.25, 0.3) is 0 Å². The first kappa shape index (κ1) is 8.75. The first-order valence-corrected chi connectivity index (χ1v) is 4.93. The van der Waals surface area contributed by atoms with Gasteiger partial charge in [-0.3, -0.25) is 5.10 Å². The highest BCUT2D eigenvalue weighted by Gasteiger charge is 2.20. The summed E-state index contributed by atoms with van der Waals surface area (Å²) in [7, 11) is 2.17. The number of likely N-dealkylation sites (N-methyl/N-ethyl adjacent to an activating group) is 1. The van der Waals surface area contributed by atoms with Crippen LogP contribution in [-0.4, -0.2) is 28.7 Å². The molecule has 2 rings (SSSR count). The Hall–Kier alpha value is -0.830. The standard InChI is InChI=1S/C10H17N3/c1-7(2)10-8-6-13(3)5-4-9(8)11-12-10/h7H,4-6H2,1-3H3,(H,11,12). The van der Waals surface area contributed by atoms with Crippen LogP contribution in [-0.2, 0) is 13.0 Å². The molecule has 0 spiro atoms. The molecule has 0 amide bonds. The highest BCUT2D eigenvalue weighted by molar-refractivity contribution is 5.29. The van der Waals surface area contributed by atoms with Crippen molar-refractivity contribution in [3.8, 4) is 0 Å². The third-order valence-corrected chi connectivity index (χ3v) is 2.72. The van der Waals surface area contributed by atoms with E-state index in [0.29, 0.717) is 5.92 Å². The van der Waals surface area contributed by atoms with Gasteiger partial charge in [0.15, 0.2) is 0 Å². The van der Waals surface area contributed by atoms with Gasteiger partial charge in [0.25, 0.3) is 0 Å². The first-order valence-electron chi connectivity index (χ1n) is 4.93. The predicted molar refractivity (Wildman–Crippen MR) is 52.7 cm³/mol. The quantitative estimate of drug-likeness (QED) is 0.709. The van der Waals surface area contributed by atoms with Gasteiger partial charge in [-0.1, -0.05) is 13.8 Å². The topological polar surface area (TPSA) is 31.9 Å². The van der Waals surface area contributed by atoms with Gasteiger partial charge in [-0.25, -0.2) is 0 Å². The number of hydrogen-bond donors (Lipinski definition) is 1. The second-order valence-corrected chi connectivity index (χ2v) is 4.21. The van der Waals surface area contributed by atoms with E-state index < -0.39 is 0 Å². The zero-order chi connectivity index (χ0) is 9.42. The normalized spacial score (nSPS) is 17.8. The van der Waals surface area contributed by atoms with Crippen molar-refractivity contribution in [3.05, 3.63) is 17.0 Å². The third-order valence-electron chi connectivity index (χ3n) is 2.72. The van der Waals surface area contributed by atoms with Crippen molar-refractivity contribution in [2.45, 2.75) is 32.7 Å². The monoisotopic (exact) mass is 179 g/mol. The van der Waals surface area contributed by atoms with Gasteiger partial charge in [0, 0.05) is 30.8 Å². The summed E-state index contributed by atoms with van der Waals surface area (Å²) in [6.45, 7) is 6.61. The van der Waals surface area contributed by atoms with E-state index >= 15 is 0 Å². The van der Waals surface area contributed by atoms with Crippen molar-refractivity contribution < 1.29 is 0 Å². The third kappa shape index (κ3) is 1.48. The zero-order valence-electron chi connectivity index (χ0n) is 8.59. The molecule has 1 aromatic rings. The molecule has 0 fully saturated rings. The molecule has 0 saturated carbocycles. The minimum atomic E-state index is 0.558. The van der Waals surface area contributed by atoms with Crippen LogP contribution in [0.2, 0.25) is 0 Å². The highest BCUT2D eigenvalue weighted by Crippen LogP contribution is 2.24. The molecular weight excluding hydrogens is 162 g/mol. The number of aromatic amines is 1. The van der Waals surface area contributed by atoms with Gasteiger partial charge in [0.2, 0.25) is 0 Å². The fraction of sp³-hybridized carbons (Fsp3) is 0.700. The van der Waals surface area contributed by atoms with E-state index in [-0.39, 0.29) is 0 Å². The van der Waals surface area contributed by atoms with E-state index in [4.69, 9.17) is 0 Å². The molecule has 1 aliphatic heterocycles. The maximum Gasteiger partial charge on any atom is 0.0682 e. The Kier molecular flexibility index (Phi) is 2.12. The maximum absolute atomic E-state index is 4.36. The van der Waals surface area contributed by atoms with Gasteiger partial charge in [0.1, 0.15) is 0 Å². The average molecular weight is 179 g/mol. The summed E-state index contributed by atoms with van der Waals surface area (Å²) < 4.78 is 0. The molecule has 1 aliphatic rings. The van der Waals surface area contributed by atoms with Crippen molar-refractivity contribution in [2.75, 3.05) is 13.6 Å². The molecule has 2 heterocycles. The van der Waals surface area contributed by atoms with E-state index in [1.165, 1.54) is 17.0 Å². The molecule has 1 N–H and O–H groups in total. The van der Waals surface area contributed by atoms with Crippen LogP contribution in [0.1, 0.15) is 36.7 Å². The van der Waals surface area contributed by atoms with Crippen LogP contribution in [0.15, 0.2) is 0 Å². The van der Waals surface area contributed by atoms with Crippen molar-refractivity contribution in [1.29, 1.82) is 0 Å². The van der Waals surface area contributed by atoms with Crippen LogP contribution >= 0.6 is 0 Å². The fourth-order valence-corrected chi connectivity index (χ4v) is 1.92. The number of hydrogen-bond acceptors (Lipinski definition) is 2. The molecule has 72 valence electrons. The van der Waals surface area contributed by atoms with Gasteiger partial charge < -0.3 is 4.90 Å². The van der Waals surface area contributed by atoms with E-state index in [1.54, 1.807) is 0 Å². The molecular formula is C10H17N3. The lowest BCUT2D eigenvalue weighted by molar-refractivity contribution is 0.310. The van der Waals surface area contributed by atoms with Gasteiger partial charge >= 0.3 is 0 Å². The van der Waals surface area contributed by atoms with Gasteiger partial charge in [0.05, 0.1) is 5.69 Å². The molecule has 1 aromatic heterocycles. The average Bonchev–Trinajstić information content (AvgIpc) is 2.46. The zero-order valence-corrected chi connectivity index (χ0v) is 8.59. The highest BCUT2D eigenvalue weighted by atomic mass is 15.2.